The predicted molar refractivity (Wildman–Crippen MR) is 86.0 cm³/mol. The maximum atomic E-state index is 11.8. The molecule has 0 saturated heterocycles. The van der Waals surface area contributed by atoms with Crippen molar-refractivity contribution in [1.82, 2.24) is 5.32 Å². The molecular weight excluding hydrogens is 262 g/mol. The number of nitrogens with one attached hydrogen (secondary N) is 1. The van der Waals surface area contributed by atoms with Crippen molar-refractivity contribution in [3.8, 4) is 0 Å². The highest BCUT2D eigenvalue weighted by atomic mass is 16.3. The highest BCUT2D eigenvalue weighted by Crippen LogP contribution is 2.26. The molecule has 0 aromatic heterocycles. The van der Waals surface area contributed by atoms with Crippen molar-refractivity contribution in [2.45, 2.75) is 33.3 Å². The molecular formula is C18H23NO2. The maximum absolute atomic E-state index is 11.8. The zero-order valence-electron chi connectivity index (χ0n) is 12.9. The van der Waals surface area contributed by atoms with Crippen LogP contribution in [0.15, 0.2) is 42.5 Å². The molecule has 21 heavy (non-hydrogen) atoms. The summed E-state index contributed by atoms with van der Waals surface area (Å²) in [6.07, 6.45) is -0.0631. The van der Waals surface area contributed by atoms with E-state index in [0.29, 0.717) is 13.0 Å². The number of fused-ring (bicyclic) bond motifs is 1. The Hall–Kier alpha value is -1.87. The van der Waals surface area contributed by atoms with Crippen molar-refractivity contribution in [1.29, 1.82) is 0 Å². The lowest BCUT2D eigenvalue weighted by Gasteiger charge is -2.19. The van der Waals surface area contributed by atoms with E-state index in [1.807, 2.05) is 63.2 Å². The number of carbonyl (C=O) groups excluding carboxylic acids is 1. The molecule has 3 nitrogen and oxygen atoms in total. The smallest absolute Gasteiger partial charge is 0.225 e. The first-order chi connectivity index (χ1) is 9.89. The zero-order valence-corrected chi connectivity index (χ0v) is 12.9. The third-order valence-corrected chi connectivity index (χ3v) is 3.57. The van der Waals surface area contributed by atoms with E-state index in [4.69, 9.17) is 0 Å². The van der Waals surface area contributed by atoms with Crippen LogP contribution in [0, 0.1) is 5.41 Å². The second kappa shape index (κ2) is 6.27. The number of benzene rings is 2. The molecule has 0 unspecified atom stereocenters. The van der Waals surface area contributed by atoms with Crippen LogP contribution >= 0.6 is 0 Å². The molecule has 2 rings (SSSR count). The summed E-state index contributed by atoms with van der Waals surface area (Å²) in [7, 11) is 0. The van der Waals surface area contributed by atoms with Gasteiger partial charge in [0.05, 0.1) is 6.10 Å². The second-order valence-electron chi connectivity index (χ2n) is 6.38. The summed E-state index contributed by atoms with van der Waals surface area (Å²) in [5, 5.41) is 15.4. The van der Waals surface area contributed by atoms with Gasteiger partial charge < -0.3 is 10.4 Å². The molecule has 1 amide bonds. The average molecular weight is 285 g/mol. The molecule has 2 aromatic carbocycles. The molecule has 1 atom stereocenters. The van der Waals surface area contributed by atoms with Gasteiger partial charge in [0, 0.05) is 12.0 Å². The third-order valence-electron chi connectivity index (χ3n) is 3.57. The molecule has 0 radical (unpaired) electrons. The van der Waals surface area contributed by atoms with Crippen molar-refractivity contribution in [2.75, 3.05) is 6.54 Å². The number of rotatable bonds is 4. The summed E-state index contributed by atoms with van der Waals surface area (Å²) in [4.78, 5) is 11.8. The molecule has 0 fully saturated rings. The van der Waals surface area contributed by atoms with Crippen LogP contribution in [-0.4, -0.2) is 17.6 Å². The number of hydrogen-bond donors (Lipinski definition) is 2. The van der Waals surface area contributed by atoms with Gasteiger partial charge in [0.1, 0.15) is 0 Å². The number of hydrogen-bond acceptors (Lipinski definition) is 2. The quantitative estimate of drug-likeness (QED) is 0.904. The molecule has 112 valence electrons. The highest BCUT2D eigenvalue weighted by Gasteiger charge is 2.21. The first kappa shape index (κ1) is 15.5. The van der Waals surface area contributed by atoms with Gasteiger partial charge in [-0.1, -0.05) is 63.2 Å². The molecule has 0 heterocycles. The predicted octanol–water partition coefficient (Wildman–Crippen LogP) is 3.43. The minimum absolute atomic E-state index is 0.00706. The second-order valence-corrected chi connectivity index (χ2v) is 6.38. The summed E-state index contributed by atoms with van der Waals surface area (Å²) in [5.74, 6) is 0.00706. The van der Waals surface area contributed by atoms with Crippen molar-refractivity contribution in [3.63, 3.8) is 0 Å². The van der Waals surface area contributed by atoms with Crippen LogP contribution in [0.3, 0.4) is 0 Å². The summed E-state index contributed by atoms with van der Waals surface area (Å²) in [6.45, 7) is 6.11. The summed E-state index contributed by atoms with van der Waals surface area (Å²) >= 11 is 0. The van der Waals surface area contributed by atoms with Crippen molar-refractivity contribution in [3.05, 3.63) is 48.0 Å². The fourth-order valence-corrected chi connectivity index (χ4v) is 2.28. The molecule has 0 aliphatic rings. The topological polar surface area (TPSA) is 49.3 Å². The fourth-order valence-electron chi connectivity index (χ4n) is 2.28. The lowest BCUT2D eigenvalue weighted by Crippen LogP contribution is -2.35. The van der Waals surface area contributed by atoms with E-state index < -0.39 is 11.5 Å². The van der Waals surface area contributed by atoms with Gasteiger partial charge in [-0.2, -0.15) is 0 Å². The van der Waals surface area contributed by atoms with Crippen LogP contribution in [0.4, 0.5) is 0 Å². The minimum atomic E-state index is -0.573. The van der Waals surface area contributed by atoms with Crippen molar-refractivity contribution in [2.24, 2.45) is 5.41 Å². The number of aliphatic hydroxyl groups is 1. The maximum Gasteiger partial charge on any atom is 0.225 e. The Kier molecular flexibility index (Phi) is 4.63. The van der Waals surface area contributed by atoms with E-state index >= 15 is 0 Å². The normalized spacial score (nSPS) is 13.1. The standard InChI is InChI=1S/C18H23NO2/c1-18(2,3)17(21)19-12-11-16(20)15-10-6-8-13-7-4-5-9-14(13)15/h4-10,16,20H,11-12H2,1-3H3,(H,19,21)/t16-/m1/s1. The van der Waals surface area contributed by atoms with Crippen LogP contribution in [0.1, 0.15) is 38.9 Å². The molecule has 0 saturated carbocycles. The van der Waals surface area contributed by atoms with Crippen LogP contribution < -0.4 is 5.32 Å². The van der Waals surface area contributed by atoms with Crippen molar-refractivity contribution >= 4 is 16.7 Å². The molecule has 0 spiro atoms. The van der Waals surface area contributed by atoms with Gasteiger partial charge in [-0.15, -0.1) is 0 Å². The SMILES string of the molecule is CC(C)(C)C(=O)NCC[C@@H](O)c1cccc2ccccc12. The van der Waals surface area contributed by atoms with Crippen molar-refractivity contribution < 1.29 is 9.90 Å². The van der Waals surface area contributed by atoms with Gasteiger partial charge in [0.15, 0.2) is 0 Å². The van der Waals surface area contributed by atoms with Gasteiger partial charge in [-0.3, -0.25) is 4.79 Å². The van der Waals surface area contributed by atoms with Gasteiger partial charge in [-0.05, 0) is 22.8 Å². The first-order valence-corrected chi connectivity index (χ1v) is 7.33. The lowest BCUT2D eigenvalue weighted by molar-refractivity contribution is -0.128. The van der Waals surface area contributed by atoms with Crippen LogP contribution in [0.2, 0.25) is 0 Å². The molecule has 0 aliphatic heterocycles. The fraction of sp³-hybridized carbons (Fsp3) is 0.389. The summed E-state index contributed by atoms with van der Waals surface area (Å²) < 4.78 is 0. The van der Waals surface area contributed by atoms with Gasteiger partial charge in [0.2, 0.25) is 5.91 Å². The third kappa shape index (κ3) is 3.82. The van der Waals surface area contributed by atoms with E-state index in [0.717, 1.165) is 16.3 Å². The Bertz CT molecular complexity index is 623. The van der Waals surface area contributed by atoms with Gasteiger partial charge >= 0.3 is 0 Å². The molecule has 0 aliphatic carbocycles. The van der Waals surface area contributed by atoms with E-state index in [1.54, 1.807) is 0 Å². The van der Waals surface area contributed by atoms with Gasteiger partial charge in [0.25, 0.3) is 0 Å². The summed E-state index contributed by atoms with van der Waals surface area (Å²) in [5.41, 5.74) is 0.516. The monoisotopic (exact) mass is 285 g/mol. The zero-order chi connectivity index (χ0) is 15.5. The average Bonchev–Trinajstić information content (AvgIpc) is 2.45. The molecule has 2 aromatic rings. The number of amides is 1. The Labute approximate surface area is 126 Å². The Morgan fingerprint density at radius 3 is 2.52 bits per heavy atom. The molecule has 2 N–H and O–H groups in total. The number of carbonyl (C=O) groups is 1. The van der Waals surface area contributed by atoms with Gasteiger partial charge in [-0.25, -0.2) is 0 Å². The first-order valence-electron chi connectivity index (χ1n) is 7.33. The lowest BCUT2D eigenvalue weighted by atomic mass is 9.95. The minimum Gasteiger partial charge on any atom is -0.388 e. The van der Waals surface area contributed by atoms with Crippen LogP contribution in [0.5, 0.6) is 0 Å². The molecule has 3 heteroatoms. The van der Waals surface area contributed by atoms with Crippen LogP contribution in [-0.2, 0) is 4.79 Å². The number of aliphatic hydroxyl groups excluding tert-OH is 1. The molecule has 0 bridgehead atoms. The highest BCUT2D eigenvalue weighted by molar-refractivity contribution is 5.86. The van der Waals surface area contributed by atoms with E-state index in [1.165, 1.54) is 0 Å². The van der Waals surface area contributed by atoms with Crippen LogP contribution in [0.25, 0.3) is 10.8 Å². The van der Waals surface area contributed by atoms with E-state index in [-0.39, 0.29) is 5.91 Å². The van der Waals surface area contributed by atoms with E-state index in [2.05, 4.69) is 5.32 Å². The Balaban J connectivity index is 2.03. The van der Waals surface area contributed by atoms with E-state index in [9.17, 15) is 9.90 Å². The largest absolute Gasteiger partial charge is 0.388 e. The Morgan fingerprint density at radius 2 is 1.81 bits per heavy atom. The summed E-state index contributed by atoms with van der Waals surface area (Å²) in [6, 6.07) is 13.9. The Morgan fingerprint density at radius 1 is 1.14 bits per heavy atom.